The first-order valence-electron chi connectivity index (χ1n) is 14.2. The summed E-state index contributed by atoms with van der Waals surface area (Å²) in [5, 5.41) is 18.2. The van der Waals surface area contributed by atoms with E-state index in [1.165, 1.54) is 56.3 Å². The lowest BCUT2D eigenvalue weighted by Gasteiger charge is -2.34. The van der Waals surface area contributed by atoms with Gasteiger partial charge in [0.2, 0.25) is 0 Å². The molecule has 1 aliphatic heterocycles. The molecule has 8 nitrogen and oxygen atoms in total. The van der Waals surface area contributed by atoms with Crippen molar-refractivity contribution in [2.75, 3.05) is 32.0 Å². The summed E-state index contributed by atoms with van der Waals surface area (Å²) >= 11 is 1.77. The minimum absolute atomic E-state index is 0.328. The van der Waals surface area contributed by atoms with Crippen LogP contribution in [0.2, 0.25) is 0 Å². The molecule has 3 aliphatic rings. The summed E-state index contributed by atoms with van der Waals surface area (Å²) in [6.07, 6.45) is 10.7. The number of aromatic nitrogens is 1. The average molecular weight is 519 g/mol. The molecule has 1 aromatic rings. The summed E-state index contributed by atoms with van der Waals surface area (Å²) in [4.78, 5) is 18.0. The van der Waals surface area contributed by atoms with E-state index >= 15 is 0 Å². The first-order valence-corrected chi connectivity index (χ1v) is 15.2. The molecule has 2 aliphatic carbocycles. The Morgan fingerprint density at radius 2 is 1.44 bits per heavy atom. The highest BCUT2D eigenvalue weighted by atomic mass is 32.2. The van der Waals surface area contributed by atoms with E-state index in [4.69, 9.17) is 9.72 Å². The Labute approximate surface area is 221 Å². The van der Waals surface area contributed by atoms with E-state index in [9.17, 15) is 4.79 Å². The second-order valence-electron chi connectivity index (χ2n) is 10.4. The zero-order valence-corrected chi connectivity index (χ0v) is 22.8. The number of carbonyl (C=O) groups excluding carboxylic acids is 1. The van der Waals surface area contributed by atoms with Crippen LogP contribution in [0.3, 0.4) is 0 Å². The van der Waals surface area contributed by atoms with Gasteiger partial charge in [-0.25, -0.2) is 4.79 Å². The fourth-order valence-electron chi connectivity index (χ4n) is 5.68. The highest BCUT2D eigenvalue weighted by Gasteiger charge is 2.26. The first-order chi connectivity index (χ1) is 17.7. The number of hydrogen-bond acceptors (Lipinski definition) is 8. The van der Waals surface area contributed by atoms with Gasteiger partial charge in [0, 0.05) is 67.5 Å². The highest BCUT2D eigenvalue weighted by Crippen LogP contribution is 2.23. The van der Waals surface area contributed by atoms with Gasteiger partial charge in [-0.15, -0.1) is 11.8 Å². The quantitative estimate of drug-likeness (QED) is 0.289. The van der Waals surface area contributed by atoms with Crippen LogP contribution in [0, 0.1) is 0 Å². The van der Waals surface area contributed by atoms with E-state index < -0.39 is 0 Å². The third-order valence-electron chi connectivity index (χ3n) is 7.54. The lowest BCUT2D eigenvalue weighted by molar-refractivity contribution is 0.147. The average Bonchev–Trinajstić information content (AvgIpc) is 2.91. The van der Waals surface area contributed by atoms with E-state index in [0.29, 0.717) is 37.3 Å². The predicted molar refractivity (Wildman–Crippen MR) is 146 cm³/mol. The smallest absolute Gasteiger partial charge is 0.407 e. The Balaban J connectivity index is 1.42. The van der Waals surface area contributed by atoms with Crippen LogP contribution in [0.4, 0.5) is 4.79 Å². The predicted octanol–water partition coefficient (Wildman–Crippen LogP) is 3.30. The third-order valence-corrected chi connectivity index (χ3v) is 8.52. The van der Waals surface area contributed by atoms with Gasteiger partial charge in [0.1, 0.15) is 0 Å². The maximum atomic E-state index is 11.7. The van der Waals surface area contributed by atoms with E-state index in [1.807, 2.05) is 6.92 Å². The van der Waals surface area contributed by atoms with Crippen molar-refractivity contribution in [3.8, 4) is 0 Å². The summed E-state index contributed by atoms with van der Waals surface area (Å²) in [5.74, 6) is 0.800. The van der Waals surface area contributed by atoms with Crippen LogP contribution >= 0.6 is 11.8 Å². The molecule has 4 rings (SSSR count). The summed E-state index contributed by atoms with van der Waals surface area (Å²) in [7, 11) is 0. The number of amides is 1. The van der Waals surface area contributed by atoms with Gasteiger partial charge < -0.3 is 31.3 Å². The molecule has 0 aromatic carbocycles. The molecule has 4 atom stereocenters. The number of thioether (sulfide) groups is 1. The molecule has 2 bridgehead atoms. The van der Waals surface area contributed by atoms with Crippen LogP contribution in [-0.2, 0) is 17.8 Å². The van der Waals surface area contributed by atoms with E-state index in [2.05, 4.69) is 38.7 Å². The van der Waals surface area contributed by atoms with Crippen LogP contribution in [0.15, 0.2) is 17.0 Å². The van der Waals surface area contributed by atoms with Gasteiger partial charge in [-0.1, -0.05) is 32.6 Å². The normalized spacial score (nSPS) is 27.6. The third kappa shape index (κ3) is 8.87. The first kappa shape index (κ1) is 27.6. The van der Waals surface area contributed by atoms with Crippen molar-refractivity contribution in [3.05, 3.63) is 23.5 Å². The number of ether oxygens (including phenoxy) is 1. The van der Waals surface area contributed by atoms with Crippen LogP contribution < -0.4 is 26.6 Å². The molecule has 0 saturated heterocycles. The van der Waals surface area contributed by atoms with Crippen molar-refractivity contribution in [2.24, 2.45) is 0 Å². The van der Waals surface area contributed by atoms with Crippen LogP contribution in [0.1, 0.15) is 76.1 Å². The minimum Gasteiger partial charge on any atom is -0.450 e. The second kappa shape index (κ2) is 15.1. The largest absolute Gasteiger partial charge is 0.450 e. The zero-order valence-electron chi connectivity index (χ0n) is 21.9. The number of nitrogens with one attached hydrogen (secondary N) is 5. The molecule has 2 saturated carbocycles. The lowest BCUT2D eigenvalue weighted by atomic mass is 9.89. The van der Waals surface area contributed by atoms with Crippen molar-refractivity contribution >= 4 is 17.9 Å². The number of fused-ring (bicyclic) bond motifs is 4. The molecule has 1 aromatic heterocycles. The van der Waals surface area contributed by atoms with Gasteiger partial charge in [-0.05, 0) is 44.2 Å². The van der Waals surface area contributed by atoms with Gasteiger partial charge in [0.25, 0.3) is 0 Å². The maximum absolute atomic E-state index is 11.7. The fraction of sp³-hybridized carbons (Fsp3) is 0.778. The van der Waals surface area contributed by atoms with Crippen molar-refractivity contribution in [3.63, 3.8) is 0 Å². The monoisotopic (exact) mass is 518 g/mol. The second-order valence-corrected chi connectivity index (χ2v) is 11.5. The van der Waals surface area contributed by atoms with Crippen molar-refractivity contribution in [1.29, 1.82) is 0 Å². The van der Waals surface area contributed by atoms with Crippen LogP contribution in [-0.4, -0.2) is 67.2 Å². The molecule has 1 amide bonds. The van der Waals surface area contributed by atoms with Gasteiger partial charge in [-0.2, -0.15) is 0 Å². The number of pyridine rings is 1. The number of carbonyl (C=O) groups is 1. The van der Waals surface area contributed by atoms with Crippen LogP contribution in [0.25, 0.3) is 0 Å². The Morgan fingerprint density at radius 3 is 1.97 bits per heavy atom. The Bertz CT molecular complexity index is 764. The van der Waals surface area contributed by atoms with Gasteiger partial charge in [-0.3, -0.25) is 4.98 Å². The number of hydrogen-bond donors (Lipinski definition) is 5. The van der Waals surface area contributed by atoms with Gasteiger partial charge in [0.15, 0.2) is 0 Å². The molecule has 2 heterocycles. The van der Waals surface area contributed by atoms with E-state index in [0.717, 1.165) is 49.7 Å². The van der Waals surface area contributed by atoms with Crippen molar-refractivity contribution in [1.82, 2.24) is 31.6 Å². The van der Waals surface area contributed by atoms with Crippen molar-refractivity contribution in [2.45, 2.75) is 107 Å². The van der Waals surface area contributed by atoms with Gasteiger partial charge >= 0.3 is 6.09 Å². The Kier molecular flexibility index (Phi) is 11.6. The number of alkyl carbamates (subject to hydrolysis) is 1. The molecule has 9 heteroatoms. The van der Waals surface area contributed by atoms with Gasteiger partial charge in [0.05, 0.1) is 18.0 Å². The molecule has 0 unspecified atom stereocenters. The SMILES string of the molecule is CCCOC(=O)NCCSc1cc2nc(c1)CN[C@@H]1CCCC[C@H]1NCCN[C@@H]1CCCC[C@H]1NC2. The summed E-state index contributed by atoms with van der Waals surface area (Å²) in [5.41, 5.74) is 2.20. The molecule has 202 valence electrons. The number of nitrogens with zero attached hydrogens (tertiary/aromatic N) is 1. The zero-order chi connectivity index (χ0) is 25.0. The number of rotatable bonds is 6. The maximum Gasteiger partial charge on any atom is 0.407 e. The van der Waals surface area contributed by atoms with Crippen molar-refractivity contribution < 1.29 is 9.53 Å². The molecule has 5 N–H and O–H groups in total. The molecule has 0 radical (unpaired) electrons. The molecular formula is C27H46N6O2S. The standard InChI is InChI=1S/C27H46N6O2S/c1-2-14-35-27(34)30-13-15-36-22-16-20-18-31-25-9-5-3-7-23(25)28-11-12-29-24-8-4-6-10-26(24)32-19-21(17-22)33-20/h16-17,23-26,28-29,31-32H,2-15,18-19H2,1H3,(H,30,34)/t23-,24-,25-,26-/m1/s1. The fourth-order valence-corrected chi connectivity index (χ4v) is 6.56. The molecular weight excluding hydrogens is 472 g/mol. The van der Waals surface area contributed by atoms with E-state index in [1.54, 1.807) is 11.8 Å². The van der Waals surface area contributed by atoms with E-state index in [-0.39, 0.29) is 6.09 Å². The Hall–Kier alpha value is -1.39. The Morgan fingerprint density at radius 1 is 0.917 bits per heavy atom. The molecule has 36 heavy (non-hydrogen) atoms. The molecule has 2 fully saturated rings. The summed E-state index contributed by atoms with van der Waals surface area (Å²) in [6, 6.07) is 6.46. The topological polar surface area (TPSA) is 99.3 Å². The highest BCUT2D eigenvalue weighted by molar-refractivity contribution is 7.99. The van der Waals surface area contributed by atoms with Crippen LogP contribution in [0.5, 0.6) is 0 Å². The summed E-state index contributed by atoms with van der Waals surface area (Å²) < 4.78 is 5.10. The molecule has 0 spiro atoms. The minimum atomic E-state index is -0.328. The lowest BCUT2D eigenvalue weighted by Crippen LogP contribution is -2.53. The summed E-state index contributed by atoms with van der Waals surface area (Å²) in [6.45, 7) is 6.67.